The van der Waals surface area contributed by atoms with Gasteiger partial charge in [0.1, 0.15) is 16.1 Å². The number of hydrogen-bond donors (Lipinski definition) is 0. The van der Waals surface area contributed by atoms with E-state index in [9.17, 15) is 26.9 Å². The largest absolute Gasteiger partial charge is 0.417 e. The summed E-state index contributed by atoms with van der Waals surface area (Å²) in [5.41, 5.74) is -0.615. The van der Waals surface area contributed by atoms with Gasteiger partial charge in [0, 0.05) is 30.2 Å². The van der Waals surface area contributed by atoms with E-state index in [1.165, 1.54) is 24.7 Å². The number of pyridine rings is 2. The molecule has 4 aromatic rings. The molecule has 0 saturated carbocycles. The van der Waals surface area contributed by atoms with E-state index >= 15 is 0 Å². The van der Waals surface area contributed by atoms with Crippen LogP contribution < -0.4 is 0 Å². The minimum atomic E-state index is -4.59. The van der Waals surface area contributed by atoms with Gasteiger partial charge >= 0.3 is 6.18 Å². The van der Waals surface area contributed by atoms with E-state index in [2.05, 4.69) is 15.0 Å². The molecule has 31 heavy (non-hydrogen) atoms. The van der Waals surface area contributed by atoms with Crippen LogP contribution in [0, 0.1) is 11.3 Å². The smallest absolute Gasteiger partial charge is 0.310 e. The number of nitrogens with zero attached hydrogens (tertiary/aromatic N) is 5. The second kappa shape index (κ2) is 7.02. The Kier molecular flexibility index (Phi) is 4.70. The van der Waals surface area contributed by atoms with Crippen molar-refractivity contribution in [2.45, 2.75) is 18.0 Å². The summed E-state index contributed by atoms with van der Waals surface area (Å²) in [6, 6.07) is 7.53. The third kappa shape index (κ3) is 3.29. The third-order valence-electron chi connectivity index (χ3n) is 4.95. The second-order valence-corrected chi connectivity index (χ2v) is 8.99. The van der Waals surface area contributed by atoms with E-state index in [0.29, 0.717) is 17.0 Å². The van der Waals surface area contributed by atoms with Gasteiger partial charge in [0.25, 0.3) is 0 Å². The van der Waals surface area contributed by atoms with E-state index in [4.69, 9.17) is 0 Å². The van der Waals surface area contributed by atoms with Gasteiger partial charge in [-0.25, -0.2) is 18.4 Å². The molecular weight excluding hydrogens is 431 g/mol. The first-order chi connectivity index (χ1) is 14.6. The molecule has 0 aliphatic rings. The van der Waals surface area contributed by atoms with Crippen molar-refractivity contribution in [3.05, 3.63) is 47.8 Å². The van der Waals surface area contributed by atoms with Crippen molar-refractivity contribution in [1.29, 1.82) is 5.26 Å². The number of imidazole rings is 1. The summed E-state index contributed by atoms with van der Waals surface area (Å²) in [6.45, 7) is 1.47. The lowest BCUT2D eigenvalue weighted by atomic mass is 10.1. The van der Waals surface area contributed by atoms with Gasteiger partial charge in [-0.3, -0.25) is 4.98 Å². The summed E-state index contributed by atoms with van der Waals surface area (Å²) in [5, 5.41) is 10.0. The number of alkyl halides is 3. The SMILES string of the molecule is CCS(=O)(=O)c1c(-c2nc3cc(C(F)(F)F)cnc3n2C)ncc2c(C#N)cccc12. The average Bonchev–Trinajstić information content (AvgIpc) is 3.07. The Balaban J connectivity index is 2.09. The number of fused-ring (bicyclic) bond motifs is 2. The predicted molar refractivity (Wildman–Crippen MR) is 107 cm³/mol. The van der Waals surface area contributed by atoms with Crippen LogP contribution in [0.5, 0.6) is 0 Å². The molecule has 3 aromatic heterocycles. The number of aryl methyl sites for hydroxylation is 1. The van der Waals surface area contributed by atoms with Gasteiger partial charge in [-0.15, -0.1) is 0 Å². The molecule has 7 nitrogen and oxygen atoms in total. The van der Waals surface area contributed by atoms with Crippen molar-refractivity contribution in [3.8, 4) is 17.6 Å². The maximum atomic E-state index is 13.1. The van der Waals surface area contributed by atoms with Crippen LogP contribution in [-0.2, 0) is 23.1 Å². The minimum Gasteiger partial charge on any atom is -0.310 e. The molecule has 0 bridgehead atoms. The highest BCUT2D eigenvalue weighted by molar-refractivity contribution is 7.91. The summed E-state index contributed by atoms with van der Waals surface area (Å²) < 4.78 is 66.6. The van der Waals surface area contributed by atoms with Gasteiger partial charge in [-0.05, 0) is 12.1 Å². The first-order valence-electron chi connectivity index (χ1n) is 9.03. The van der Waals surface area contributed by atoms with Gasteiger partial charge in [-0.1, -0.05) is 19.1 Å². The Hall–Kier alpha value is -3.52. The Labute approximate surface area is 174 Å². The van der Waals surface area contributed by atoms with Crippen LogP contribution in [0.4, 0.5) is 13.2 Å². The van der Waals surface area contributed by atoms with Crippen LogP contribution in [-0.4, -0.2) is 33.7 Å². The van der Waals surface area contributed by atoms with E-state index in [1.807, 2.05) is 6.07 Å². The molecule has 0 amide bonds. The van der Waals surface area contributed by atoms with E-state index < -0.39 is 21.6 Å². The van der Waals surface area contributed by atoms with Crippen LogP contribution in [0.25, 0.3) is 33.5 Å². The van der Waals surface area contributed by atoms with Crippen molar-refractivity contribution in [1.82, 2.24) is 19.5 Å². The lowest BCUT2D eigenvalue weighted by Gasteiger charge is -2.12. The van der Waals surface area contributed by atoms with E-state index in [-0.39, 0.29) is 38.9 Å². The molecule has 0 N–H and O–H groups in total. The third-order valence-corrected chi connectivity index (χ3v) is 6.74. The lowest BCUT2D eigenvalue weighted by molar-refractivity contribution is -0.137. The van der Waals surface area contributed by atoms with Crippen molar-refractivity contribution < 1.29 is 21.6 Å². The molecule has 0 radical (unpaired) electrons. The monoisotopic (exact) mass is 445 g/mol. The molecule has 0 atom stereocenters. The molecule has 0 unspecified atom stereocenters. The van der Waals surface area contributed by atoms with Gasteiger partial charge < -0.3 is 4.57 Å². The first-order valence-corrected chi connectivity index (χ1v) is 10.7. The van der Waals surface area contributed by atoms with Crippen molar-refractivity contribution >= 4 is 31.8 Å². The highest BCUT2D eigenvalue weighted by Gasteiger charge is 2.32. The van der Waals surface area contributed by atoms with Crippen LogP contribution in [0.2, 0.25) is 0 Å². The molecule has 0 aliphatic heterocycles. The minimum absolute atomic E-state index is 0.0153. The van der Waals surface area contributed by atoms with Gasteiger partial charge in [0.05, 0.1) is 22.9 Å². The van der Waals surface area contributed by atoms with Gasteiger partial charge in [0.15, 0.2) is 21.3 Å². The quantitative estimate of drug-likeness (QED) is 0.475. The van der Waals surface area contributed by atoms with E-state index in [1.54, 1.807) is 18.2 Å². The van der Waals surface area contributed by atoms with Crippen molar-refractivity contribution in [2.75, 3.05) is 5.75 Å². The Morgan fingerprint density at radius 2 is 1.90 bits per heavy atom. The number of hydrogen-bond acceptors (Lipinski definition) is 6. The topological polar surface area (TPSA) is 102 Å². The zero-order chi connectivity index (χ0) is 22.6. The summed E-state index contributed by atoms with van der Waals surface area (Å²) in [6.07, 6.45) is -2.53. The molecular formula is C20H14F3N5O2S. The zero-order valence-electron chi connectivity index (χ0n) is 16.3. The average molecular weight is 445 g/mol. The van der Waals surface area contributed by atoms with Crippen LogP contribution in [0.1, 0.15) is 18.1 Å². The molecule has 3 heterocycles. The number of nitriles is 1. The summed E-state index contributed by atoms with van der Waals surface area (Å²) in [7, 11) is -2.32. The molecule has 1 aromatic carbocycles. The predicted octanol–water partition coefficient (Wildman–Crippen LogP) is 3.87. The highest BCUT2D eigenvalue weighted by Crippen LogP contribution is 2.35. The summed E-state index contributed by atoms with van der Waals surface area (Å²) in [5.74, 6) is -0.184. The molecule has 4 rings (SSSR count). The van der Waals surface area contributed by atoms with E-state index in [0.717, 1.165) is 6.07 Å². The molecule has 0 aliphatic carbocycles. The Morgan fingerprint density at radius 3 is 2.55 bits per heavy atom. The second-order valence-electron chi connectivity index (χ2n) is 6.78. The summed E-state index contributed by atoms with van der Waals surface area (Å²) in [4.78, 5) is 12.2. The fourth-order valence-corrected chi connectivity index (χ4v) is 4.62. The van der Waals surface area contributed by atoms with Crippen molar-refractivity contribution in [2.24, 2.45) is 7.05 Å². The number of aromatic nitrogens is 4. The molecule has 0 saturated heterocycles. The standard InChI is InChI=1S/C20H14F3N5O2S/c1-3-31(29,30)17-13-6-4-5-11(8-24)14(13)10-25-16(17)19-27-15-7-12(20(21,22)23)9-26-18(15)28(19)2/h4-7,9-10H,3H2,1-2H3. The normalized spacial score (nSPS) is 12.4. The fourth-order valence-electron chi connectivity index (χ4n) is 3.38. The van der Waals surface area contributed by atoms with Gasteiger partial charge in [0.2, 0.25) is 0 Å². The van der Waals surface area contributed by atoms with Crippen LogP contribution >= 0.6 is 0 Å². The fraction of sp³-hybridized carbons (Fsp3) is 0.200. The molecule has 0 spiro atoms. The Bertz CT molecular complexity index is 1500. The van der Waals surface area contributed by atoms with Crippen LogP contribution in [0.3, 0.4) is 0 Å². The first kappa shape index (κ1) is 20.7. The number of rotatable bonds is 3. The molecule has 158 valence electrons. The maximum Gasteiger partial charge on any atom is 0.417 e. The van der Waals surface area contributed by atoms with Gasteiger partial charge in [-0.2, -0.15) is 18.4 Å². The number of sulfone groups is 1. The zero-order valence-corrected chi connectivity index (χ0v) is 17.1. The summed E-state index contributed by atoms with van der Waals surface area (Å²) >= 11 is 0. The number of halogens is 3. The molecule has 0 fully saturated rings. The lowest BCUT2D eigenvalue weighted by Crippen LogP contribution is -2.10. The van der Waals surface area contributed by atoms with Crippen LogP contribution in [0.15, 0.2) is 41.6 Å². The maximum absolute atomic E-state index is 13.1. The molecule has 11 heteroatoms. The highest BCUT2D eigenvalue weighted by atomic mass is 32.2. The Morgan fingerprint density at radius 1 is 1.16 bits per heavy atom. The van der Waals surface area contributed by atoms with Crippen molar-refractivity contribution in [3.63, 3.8) is 0 Å². The number of benzene rings is 1.